The molecule has 0 amide bonds. The largest absolute Gasteiger partial charge is 0.436 e. The average molecular weight is 291 g/mol. The zero-order valence-corrected chi connectivity index (χ0v) is 12.9. The number of nitrogens with one attached hydrogen (secondary N) is 1. The van der Waals surface area contributed by atoms with Crippen LogP contribution in [0.1, 0.15) is 28.9 Å². The molecule has 4 heteroatoms. The summed E-state index contributed by atoms with van der Waals surface area (Å²) in [6.45, 7) is 6.03. The number of benzene rings is 1. The molecular weight excluding hydrogens is 274 g/mol. The fourth-order valence-corrected chi connectivity index (χ4v) is 2.78. The van der Waals surface area contributed by atoms with Crippen molar-refractivity contribution in [1.29, 1.82) is 0 Å². The number of hydrogen-bond donors (Lipinski definition) is 1. The highest BCUT2D eigenvalue weighted by Gasteiger charge is 2.16. The third-order valence-electron chi connectivity index (χ3n) is 3.92. The van der Waals surface area contributed by atoms with Crippen LogP contribution in [0.25, 0.3) is 16.6 Å². The summed E-state index contributed by atoms with van der Waals surface area (Å²) in [6, 6.07) is 6.29. The lowest BCUT2D eigenvalue weighted by atomic mass is 10.0. The maximum atomic E-state index is 6.15. The molecular formula is C18H17N3O. The first kappa shape index (κ1) is 13.1. The number of aryl methyl sites for hydroxylation is 3. The molecule has 0 bridgehead atoms. The van der Waals surface area contributed by atoms with Gasteiger partial charge in [-0.15, -0.1) is 0 Å². The van der Waals surface area contributed by atoms with Crippen molar-refractivity contribution in [2.24, 2.45) is 0 Å². The standard InChI is InChI=1S/C18H17N3O/c1-10-8-14(13-4-5-13)9-11(2)17(10)22-18-16-15(6-7-19-16)20-12(3)21-18/h4,6-9,19H,5H2,1-3H3. The Bertz CT molecular complexity index is 898. The fourth-order valence-electron chi connectivity index (χ4n) is 2.78. The molecule has 0 saturated heterocycles. The summed E-state index contributed by atoms with van der Waals surface area (Å²) >= 11 is 0. The molecule has 0 spiro atoms. The molecule has 0 aliphatic heterocycles. The summed E-state index contributed by atoms with van der Waals surface area (Å²) in [5.41, 5.74) is 6.67. The Balaban J connectivity index is 1.79. The molecule has 0 unspecified atom stereocenters. The Morgan fingerprint density at radius 2 is 1.82 bits per heavy atom. The lowest BCUT2D eigenvalue weighted by Gasteiger charge is -2.13. The van der Waals surface area contributed by atoms with Crippen LogP contribution >= 0.6 is 0 Å². The van der Waals surface area contributed by atoms with Crippen LogP contribution in [0.5, 0.6) is 11.6 Å². The summed E-state index contributed by atoms with van der Waals surface area (Å²) in [5, 5.41) is 0. The number of H-pyrrole nitrogens is 1. The molecule has 0 radical (unpaired) electrons. The third-order valence-corrected chi connectivity index (χ3v) is 3.92. The molecule has 2 heterocycles. The van der Waals surface area contributed by atoms with E-state index in [0.29, 0.717) is 11.7 Å². The predicted octanol–water partition coefficient (Wildman–Crippen LogP) is 4.46. The Kier molecular flexibility index (Phi) is 2.79. The van der Waals surface area contributed by atoms with E-state index in [9.17, 15) is 0 Å². The molecule has 3 aromatic rings. The van der Waals surface area contributed by atoms with Gasteiger partial charge in [-0.05, 0) is 67.7 Å². The number of aromatic nitrogens is 3. The zero-order chi connectivity index (χ0) is 15.3. The lowest BCUT2D eigenvalue weighted by Crippen LogP contribution is -1.98. The first-order valence-corrected chi connectivity index (χ1v) is 7.42. The van der Waals surface area contributed by atoms with E-state index < -0.39 is 0 Å². The fraction of sp³-hybridized carbons (Fsp3) is 0.222. The van der Waals surface area contributed by atoms with E-state index in [1.807, 2.05) is 19.2 Å². The van der Waals surface area contributed by atoms with Crippen molar-refractivity contribution in [2.75, 3.05) is 0 Å². The second kappa shape index (κ2) is 4.70. The van der Waals surface area contributed by atoms with Crippen LogP contribution in [-0.4, -0.2) is 15.0 Å². The van der Waals surface area contributed by atoms with Crippen molar-refractivity contribution in [2.45, 2.75) is 27.2 Å². The van der Waals surface area contributed by atoms with Gasteiger partial charge in [0.15, 0.2) is 0 Å². The Morgan fingerprint density at radius 1 is 1.09 bits per heavy atom. The van der Waals surface area contributed by atoms with Crippen LogP contribution in [0.4, 0.5) is 0 Å². The number of aromatic amines is 1. The maximum Gasteiger partial charge on any atom is 0.247 e. The van der Waals surface area contributed by atoms with E-state index in [1.54, 1.807) is 0 Å². The van der Waals surface area contributed by atoms with E-state index in [1.165, 1.54) is 11.1 Å². The van der Waals surface area contributed by atoms with Crippen LogP contribution in [0.3, 0.4) is 0 Å². The third kappa shape index (κ3) is 2.17. The zero-order valence-electron chi connectivity index (χ0n) is 12.9. The lowest BCUT2D eigenvalue weighted by molar-refractivity contribution is 0.458. The van der Waals surface area contributed by atoms with Gasteiger partial charge in [0.25, 0.3) is 0 Å². The van der Waals surface area contributed by atoms with Crippen LogP contribution in [0, 0.1) is 20.8 Å². The molecule has 22 heavy (non-hydrogen) atoms. The van der Waals surface area contributed by atoms with Crippen molar-refractivity contribution in [3.05, 3.63) is 53.0 Å². The monoisotopic (exact) mass is 291 g/mol. The number of nitrogens with zero attached hydrogens (tertiary/aromatic N) is 2. The van der Waals surface area contributed by atoms with Gasteiger partial charge in [0.2, 0.25) is 5.88 Å². The molecule has 1 N–H and O–H groups in total. The number of ether oxygens (including phenoxy) is 1. The summed E-state index contributed by atoms with van der Waals surface area (Å²) in [4.78, 5) is 12.0. The van der Waals surface area contributed by atoms with Crippen molar-refractivity contribution < 1.29 is 4.74 Å². The van der Waals surface area contributed by atoms with E-state index in [0.717, 1.165) is 34.3 Å². The van der Waals surface area contributed by atoms with Crippen molar-refractivity contribution in [1.82, 2.24) is 15.0 Å². The van der Waals surface area contributed by atoms with E-state index >= 15 is 0 Å². The molecule has 4 rings (SSSR count). The Hall–Kier alpha value is -2.62. The first-order chi connectivity index (χ1) is 10.6. The topological polar surface area (TPSA) is 50.8 Å². The van der Waals surface area contributed by atoms with E-state index in [-0.39, 0.29) is 0 Å². The maximum absolute atomic E-state index is 6.15. The molecule has 1 aliphatic rings. The second-order valence-corrected chi connectivity index (χ2v) is 5.79. The van der Waals surface area contributed by atoms with Gasteiger partial charge in [-0.1, -0.05) is 6.08 Å². The summed E-state index contributed by atoms with van der Waals surface area (Å²) in [5.74, 6) is 2.16. The number of hydrogen-bond acceptors (Lipinski definition) is 3. The van der Waals surface area contributed by atoms with Gasteiger partial charge in [-0.2, -0.15) is 4.98 Å². The Labute approximate surface area is 128 Å². The number of rotatable bonds is 3. The van der Waals surface area contributed by atoms with Crippen LogP contribution in [0.15, 0.2) is 30.5 Å². The SMILES string of the molecule is Cc1nc(Oc2c(C)cc(C3=CC3)cc2C)c2[nH]ccc2n1. The van der Waals surface area contributed by atoms with Gasteiger partial charge in [0.05, 0.1) is 5.52 Å². The molecule has 1 aromatic carbocycles. The molecule has 0 atom stereocenters. The molecule has 0 fully saturated rings. The van der Waals surface area contributed by atoms with Gasteiger partial charge >= 0.3 is 0 Å². The van der Waals surface area contributed by atoms with Crippen molar-refractivity contribution in [3.63, 3.8) is 0 Å². The van der Waals surface area contributed by atoms with Crippen LogP contribution in [0.2, 0.25) is 0 Å². The highest BCUT2D eigenvalue weighted by Crippen LogP contribution is 2.37. The molecule has 0 saturated carbocycles. The van der Waals surface area contributed by atoms with Gasteiger partial charge in [-0.25, -0.2) is 4.98 Å². The minimum atomic E-state index is 0.581. The minimum absolute atomic E-state index is 0.581. The predicted molar refractivity (Wildman–Crippen MR) is 87.2 cm³/mol. The Morgan fingerprint density at radius 3 is 2.50 bits per heavy atom. The van der Waals surface area contributed by atoms with Gasteiger partial charge < -0.3 is 9.72 Å². The number of fused-ring (bicyclic) bond motifs is 1. The smallest absolute Gasteiger partial charge is 0.247 e. The van der Waals surface area contributed by atoms with Gasteiger partial charge in [0, 0.05) is 6.20 Å². The molecule has 2 aromatic heterocycles. The summed E-state index contributed by atoms with van der Waals surface area (Å²) in [6.07, 6.45) is 5.20. The molecule has 4 nitrogen and oxygen atoms in total. The molecule has 110 valence electrons. The normalized spacial score (nSPS) is 13.3. The van der Waals surface area contributed by atoms with Crippen molar-refractivity contribution in [3.8, 4) is 11.6 Å². The second-order valence-electron chi connectivity index (χ2n) is 5.79. The summed E-state index contributed by atoms with van der Waals surface area (Å²) < 4.78 is 6.15. The molecule has 1 aliphatic carbocycles. The van der Waals surface area contributed by atoms with Crippen molar-refractivity contribution >= 4 is 16.6 Å². The first-order valence-electron chi connectivity index (χ1n) is 7.42. The van der Waals surface area contributed by atoms with Gasteiger partial charge in [0.1, 0.15) is 17.1 Å². The number of allylic oxidation sites excluding steroid dienone is 2. The highest BCUT2D eigenvalue weighted by molar-refractivity contribution is 5.81. The van der Waals surface area contributed by atoms with E-state index in [2.05, 4.69) is 47.0 Å². The average Bonchev–Trinajstić information content (AvgIpc) is 3.21. The summed E-state index contributed by atoms with van der Waals surface area (Å²) in [7, 11) is 0. The van der Waals surface area contributed by atoms with Crippen LogP contribution in [-0.2, 0) is 0 Å². The minimum Gasteiger partial charge on any atom is -0.436 e. The van der Waals surface area contributed by atoms with E-state index in [4.69, 9.17) is 4.74 Å². The van der Waals surface area contributed by atoms with Gasteiger partial charge in [-0.3, -0.25) is 0 Å². The van der Waals surface area contributed by atoms with Crippen LogP contribution < -0.4 is 4.74 Å². The highest BCUT2D eigenvalue weighted by atomic mass is 16.5. The quantitative estimate of drug-likeness (QED) is 0.775.